The molecule has 27 heavy (non-hydrogen) atoms. The maximum Gasteiger partial charge on any atom is 0.295 e. The summed E-state index contributed by atoms with van der Waals surface area (Å²) in [5.41, 5.74) is 2.32. The largest absolute Gasteiger partial charge is 0.507 e. The lowest BCUT2D eigenvalue weighted by Gasteiger charge is -2.24. The zero-order valence-corrected chi connectivity index (χ0v) is 15.0. The summed E-state index contributed by atoms with van der Waals surface area (Å²) in [5.74, 6) is -0.611. The standard InChI is InChI=1S/C21H20N2O4/c1-2-9-23-18(15-4-3-8-22-12-15)17(20(25)21(23)26)19(24)14-5-6-16-13(11-14)7-10-27-16/h3-6,8,11-12,18,24H,2,7,9-10H2,1H3/b19-17-. The fourth-order valence-corrected chi connectivity index (χ4v) is 3.73. The van der Waals surface area contributed by atoms with Gasteiger partial charge in [-0.3, -0.25) is 14.6 Å². The molecule has 1 N–H and O–H groups in total. The first-order valence-electron chi connectivity index (χ1n) is 9.06. The van der Waals surface area contributed by atoms with Crippen LogP contribution in [-0.4, -0.2) is 39.8 Å². The van der Waals surface area contributed by atoms with E-state index in [0.29, 0.717) is 30.7 Å². The number of hydrogen-bond donors (Lipinski definition) is 1. The molecule has 1 amide bonds. The lowest BCUT2D eigenvalue weighted by molar-refractivity contribution is -0.139. The zero-order chi connectivity index (χ0) is 19.0. The highest BCUT2D eigenvalue weighted by Gasteiger charge is 2.45. The molecule has 3 heterocycles. The average Bonchev–Trinajstić information content (AvgIpc) is 3.26. The van der Waals surface area contributed by atoms with Gasteiger partial charge in [0.15, 0.2) is 0 Å². The first-order valence-corrected chi connectivity index (χ1v) is 9.06. The molecule has 1 unspecified atom stereocenters. The Bertz CT molecular complexity index is 936. The molecule has 0 aliphatic carbocycles. The highest BCUT2D eigenvalue weighted by atomic mass is 16.5. The molecule has 2 aromatic rings. The number of ether oxygens (including phenoxy) is 1. The van der Waals surface area contributed by atoms with Crippen molar-refractivity contribution in [1.29, 1.82) is 0 Å². The summed E-state index contributed by atoms with van der Waals surface area (Å²) >= 11 is 0. The number of aliphatic hydroxyl groups is 1. The minimum atomic E-state index is -0.661. The van der Waals surface area contributed by atoms with Crippen LogP contribution in [0.2, 0.25) is 0 Å². The first kappa shape index (κ1) is 17.3. The lowest BCUT2D eigenvalue weighted by Crippen LogP contribution is -2.30. The molecule has 1 saturated heterocycles. The predicted molar refractivity (Wildman–Crippen MR) is 99.2 cm³/mol. The minimum Gasteiger partial charge on any atom is -0.507 e. The van der Waals surface area contributed by atoms with Crippen LogP contribution >= 0.6 is 0 Å². The third-order valence-electron chi connectivity index (χ3n) is 4.97. The van der Waals surface area contributed by atoms with Gasteiger partial charge in [0, 0.05) is 30.9 Å². The Labute approximate surface area is 157 Å². The lowest BCUT2D eigenvalue weighted by atomic mass is 9.95. The molecule has 1 fully saturated rings. The Morgan fingerprint density at radius 3 is 2.93 bits per heavy atom. The van der Waals surface area contributed by atoms with E-state index in [0.717, 1.165) is 17.7 Å². The van der Waals surface area contributed by atoms with Crippen molar-refractivity contribution in [2.75, 3.05) is 13.2 Å². The van der Waals surface area contributed by atoms with Crippen LogP contribution in [0.5, 0.6) is 5.75 Å². The van der Waals surface area contributed by atoms with Crippen molar-refractivity contribution in [1.82, 2.24) is 9.88 Å². The van der Waals surface area contributed by atoms with Crippen LogP contribution in [0, 0.1) is 0 Å². The molecule has 0 saturated carbocycles. The van der Waals surface area contributed by atoms with Crippen molar-refractivity contribution in [3.63, 3.8) is 0 Å². The summed E-state index contributed by atoms with van der Waals surface area (Å²) in [4.78, 5) is 31.0. The van der Waals surface area contributed by atoms with E-state index in [4.69, 9.17) is 4.74 Å². The molecule has 0 spiro atoms. The van der Waals surface area contributed by atoms with E-state index in [9.17, 15) is 14.7 Å². The maximum atomic E-state index is 12.8. The number of rotatable bonds is 4. The van der Waals surface area contributed by atoms with Gasteiger partial charge in [-0.25, -0.2) is 0 Å². The Hall–Kier alpha value is -3.15. The van der Waals surface area contributed by atoms with Crippen molar-refractivity contribution in [2.24, 2.45) is 0 Å². The predicted octanol–water partition coefficient (Wildman–Crippen LogP) is 2.85. The SMILES string of the molecule is CCCN1C(=O)C(=O)/C(=C(\O)c2ccc3c(c2)CCO3)C1c1cccnc1. The van der Waals surface area contributed by atoms with Gasteiger partial charge in [0.25, 0.3) is 11.7 Å². The number of ketones is 1. The number of aromatic nitrogens is 1. The number of benzene rings is 1. The van der Waals surface area contributed by atoms with Crippen molar-refractivity contribution in [2.45, 2.75) is 25.8 Å². The molecule has 2 aliphatic rings. The Morgan fingerprint density at radius 2 is 2.19 bits per heavy atom. The number of aliphatic hydroxyl groups excluding tert-OH is 1. The maximum absolute atomic E-state index is 12.8. The summed E-state index contributed by atoms with van der Waals surface area (Å²) in [6, 6.07) is 8.27. The Balaban J connectivity index is 1.86. The van der Waals surface area contributed by atoms with E-state index in [1.54, 1.807) is 30.6 Å². The number of nitrogens with zero attached hydrogens (tertiary/aromatic N) is 2. The summed E-state index contributed by atoms with van der Waals surface area (Å²) in [7, 11) is 0. The molecular weight excluding hydrogens is 344 g/mol. The van der Waals surface area contributed by atoms with Crippen LogP contribution in [0.4, 0.5) is 0 Å². The molecule has 4 rings (SSSR count). The van der Waals surface area contributed by atoms with Crippen molar-refractivity contribution < 1.29 is 19.4 Å². The van der Waals surface area contributed by atoms with E-state index in [-0.39, 0.29) is 11.3 Å². The first-order chi connectivity index (χ1) is 13.1. The fourth-order valence-electron chi connectivity index (χ4n) is 3.73. The smallest absolute Gasteiger partial charge is 0.295 e. The van der Waals surface area contributed by atoms with Gasteiger partial charge in [-0.15, -0.1) is 0 Å². The van der Waals surface area contributed by atoms with Gasteiger partial charge in [0.05, 0.1) is 18.2 Å². The molecule has 0 bridgehead atoms. The number of amides is 1. The van der Waals surface area contributed by atoms with E-state index in [1.165, 1.54) is 4.90 Å². The van der Waals surface area contributed by atoms with Gasteiger partial charge in [-0.2, -0.15) is 0 Å². The number of carbonyl (C=O) groups is 2. The topological polar surface area (TPSA) is 79.7 Å². The summed E-state index contributed by atoms with van der Waals surface area (Å²) in [5, 5.41) is 11.0. The van der Waals surface area contributed by atoms with E-state index >= 15 is 0 Å². The summed E-state index contributed by atoms with van der Waals surface area (Å²) in [6.45, 7) is 2.98. The number of Topliss-reactive ketones (excluding diaryl/α,β-unsaturated/α-hetero) is 1. The van der Waals surface area contributed by atoms with E-state index in [2.05, 4.69) is 4.98 Å². The van der Waals surface area contributed by atoms with Gasteiger partial charge >= 0.3 is 0 Å². The average molecular weight is 364 g/mol. The number of pyridine rings is 1. The molecule has 1 aromatic heterocycles. The number of fused-ring (bicyclic) bond motifs is 1. The molecule has 1 atom stereocenters. The second kappa shape index (κ2) is 6.87. The summed E-state index contributed by atoms with van der Waals surface area (Å²) < 4.78 is 5.50. The van der Waals surface area contributed by atoms with Gasteiger partial charge in [0.1, 0.15) is 11.5 Å². The second-order valence-corrected chi connectivity index (χ2v) is 6.70. The third-order valence-corrected chi connectivity index (χ3v) is 4.97. The summed E-state index contributed by atoms with van der Waals surface area (Å²) in [6.07, 6.45) is 4.73. The number of hydrogen-bond acceptors (Lipinski definition) is 5. The van der Waals surface area contributed by atoms with Gasteiger partial charge in [0.2, 0.25) is 0 Å². The van der Waals surface area contributed by atoms with Crippen LogP contribution in [0.1, 0.15) is 36.1 Å². The normalized spacial score (nSPS) is 20.6. The van der Waals surface area contributed by atoms with E-state index < -0.39 is 17.7 Å². The third kappa shape index (κ3) is 2.87. The fraction of sp³-hybridized carbons (Fsp3) is 0.286. The second-order valence-electron chi connectivity index (χ2n) is 6.70. The molecule has 6 heteroatoms. The number of likely N-dealkylation sites (tertiary alicyclic amines) is 1. The van der Waals surface area contributed by atoms with Crippen molar-refractivity contribution >= 4 is 17.4 Å². The van der Waals surface area contributed by atoms with Crippen LogP contribution in [0.25, 0.3) is 5.76 Å². The van der Waals surface area contributed by atoms with Gasteiger partial charge < -0.3 is 14.7 Å². The highest BCUT2D eigenvalue weighted by molar-refractivity contribution is 6.46. The Morgan fingerprint density at radius 1 is 1.33 bits per heavy atom. The highest BCUT2D eigenvalue weighted by Crippen LogP contribution is 2.40. The Kier molecular flexibility index (Phi) is 4.39. The molecule has 0 radical (unpaired) electrons. The number of carbonyl (C=O) groups excluding carboxylic acids is 2. The monoisotopic (exact) mass is 364 g/mol. The quantitative estimate of drug-likeness (QED) is 0.513. The van der Waals surface area contributed by atoms with Gasteiger partial charge in [-0.05, 0) is 41.8 Å². The van der Waals surface area contributed by atoms with Crippen LogP contribution in [0.3, 0.4) is 0 Å². The molecule has 138 valence electrons. The molecule has 6 nitrogen and oxygen atoms in total. The molecular formula is C21H20N2O4. The molecule has 2 aliphatic heterocycles. The van der Waals surface area contributed by atoms with Crippen molar-refractivity contribution in [3.05, 3.63) is 65.0 Å². The van der Waals surface area contributed by atoms with Crippen LogP contribution in [-0.2, 0) is 16.0 Å². The molecule has 1 aromatic carbocycles. The van der Waals surface area contributed by atoms with Crippen molar-refractivity contribution in [3.8, 4) is 5.75 Å². The minimum absolute atomic E-state index is 0.111. The van der Waals surface area contributed by atoms with Crippen LogP contribution < -0.4 is 4.74 Å². The van der Waals surface area contributed by atoms with Crippen LogP contribution in [0.15, 0.2) is 48.3 Å². The van der Waals surface area contributed by atoms with Gasteiger partial charge in [-0.1, -0.05) is 13.0 Å². The van der Waals surface area contributed by atoms with E-state index in [1.807, 2.05) is 19.1 Å². The zero-order valence-electron chi connectivity index (χ0n) is 15.0.